The molecule has 2 unspecified atom stereocenters. The second-order valence-electron chi connectivity index (χ2n) is 5.20. The summed E-state index contributed by atoms with van der Waals surface area (Å²) in [6, 6.07) is -0.0444. The molecule has 2 heterocycles. The van der Waals surface area contributed by atoms with Crippen molar-refractivity contribution >= 4 is 11.8 Å². The normalized spacial score (nSPS) is 28.9. The minimum atomic E-state index is -0.204. The van der Waals surface area contributed by atoms with Crippen molar-refractivity contribution in [3.63, 3.8) is 0 Å². The lowest BCUT2D eigenvalue weighted by molar-refractivity contribution is -0.140. The van der Waals surface area contributed by atoms with Gasteiger partial charge in [0.25, 0.3) is 0 Å². The van der Waals surface area contributed by atoms with Crippen LogP contribution in [0.15, 0.2) is 0 Å². The number of aliphatic hydroxyl groups is 1. The number of hydrogen-bond donors (Lipinski definition) is 1. The number of likely N-dealkylation sites (tertiary alicyclic amines) is 2. The number of aliphatic hydroxyl groups excluding tert-OH is 1. The Balaban J connectivity index is 2.00. The molecule has 0 saturated carbocycles. The zero-order valence-corrected chi connectivity index (χ0v) is 11.0. The summed E-state index contributed by atoms with van der Waals surface area (Å²) in [5.41, 5.74) is 0. The van der Waals surface area contributed by atoms with Gasteiger partial charge in [-0.15, -0.1) is 0 Å². The number of hydrogen-bond acceptors (Lipinski definition) is 3. The molecule has 0 spiro atoms. The lowest BCUT2D eigenvalue weighted by Gasteiger charge is -2.36. The summed E-state index contributed by atoms with van der Waals surface area (Å²) in [7, 11) is 0. The zero-order chi connectivity index (χ0) is 13.1. The summed E-state index contributed by atoms with van der Waals surface area (Å²) in [5, 5.41) is 9.33. The van der Waals surface area contributed by atoms with Crippen LogP contribution in [0.25, 0.3) is 0 Å². The quantitative estimate of drug-likeness (QED) is 0.784. The SMILES string of the molecule is CCN1CC(C(=O)N2CCCCC2CO)CC1=O. The molecule has 2 rings (SSSR count). The van der Waals surface area contributed by atoms with E-state index in [0.717, 1.165) is 25.8 Å². The zero-order valence-electron chi connectivity index (χ0n) is 11.0. The lowest BCUT2D eigenvalue weighted by Crippen LogP contribution is -2.48. The third-order valence-corrected chi connectivity index (χ3v) is 4.07. The highest BCUT2D eigenvalue weighted by Crippen LogP contribution is 2.24. The average molecular weight is 254 g/mol. The van der Waals surface area contributed by atoms with Gasteiger partial charge in [0.1, 0.15) is 0 Å². The highest BCUT2D eigenvalue weighted by molar-refractivity contribution is 5.89. The molecule has 0 radical (unpaired) electrons. The topological polar surface area (TPSA) is 60.9 Å². The van der Waals surface area contributed by atoms with Gasteiger partial charge in [0.05, 0.1) is 18.6 Å². The summed E-state index contributed by atoms with van der Waals surface area (Å²) in [5.74, 6) is -0.0731. The number of carbonyl (C=O) groups is 2. The van der Waals surface area contributed by atoms with Gasteiger partial charge < -0.3 is 14.9 Å². The van der Waals surface area contributed by atoms with E-state index in [9.17, 15) is 14.7 Å². The second kappa shape index (κ2) is 5.69. The van der Waals surface area contributed by atoms with Crippen molar-refractivity contribution in [1.29, 1.82) is 0 Å². The minimum absolute atomic E-state index is 0.0316. The number of piperidine rings is 1. The Morgan fingerprint density at radius 2 is 2.22 bits per heavy atom. The van der Waals surface area contributed by atoms with Crippen LogP contribution < -0.4 is 0 Å². The van der Waals surface area contributed by atoms with E-state index in [1.807, 2.05) is 6.92 Å². The highest BCUT2D eigenvalue weighted by atomic mass is 16.3. The Labute approximate surface area is 108 Å². The first kappa shape index (κ1) is 13.3. The summed E-state index contributed by atoms with van der Waals surface area (Å²) in [6.45, 7) is 3.90. The lowest BCUT2D eigenvalue weighted by atomic mass is 9.99. The minimum Gasteiger partial charge on any atom is -0.394 e. The molecule has 0 bridgehead atoms. The number of rotatable bonds is 3. The third-order valence-electron chi connectivity index (χ3n) is 4.07. The Hall–Kier alpha value is -1.10. The Bertz CT molecular complexity index is 332. The van der Waals surface area contributed by atoms with Gasteiger partial charge in [-0.2, -0.15) is 0 Å². The third kappa shape index (κ3) is 2.51. The summed E-state index contributed by atoms with van der Waals surface area (Å²) < 4.78 is 0. The van der Waals surface area contributed by atoms with Crippen molar-refractivity contribution in [2.24, 2.45) is 5.92 Å². The smallest absolute Gasteiger partial charge is 0.228 e. The van der Waals surface area contributed by atoms with Crippen LogP contribution >= 0.6 is 0 Å². The van der Waals surface area contributed by atoms with Crippen molar-refractivity contribution in [2.75, 3.05) is 26.2 Å². The molecule has 2 aliphatic rings. The van der Waals surface area contributed by atoms with Crippen molar-refractivity contribution in [2.45, 2.75) is 38.6 Å². The fraction of sp³-hybridized carbons (Fsp3) is 0.846. The first-order valence-electron chi connectivity index (χ1n) is 6.86. The Morgan fingerprint density at radius 1 is 1.44 bits per heavy atom. The van der Waals surface area contributed by atoms with E-state index in [4.69, 9.17) is 0 Å². The van der Waals surface area contributed by atoms with Gasteiger partial charge in [-0.3, -0.25) is 9.59 Å². The maximum absolute atomic E-state index is 12.4. The Kier molecular flexibility index (Phi) is 4.22. The number of carbonyl (C=O) groups excluding carboxylic acids is 2. The Morgan fingerprint density at radius 3 is 2.83 bits per heavy atom. The molecule has 2 amide bonds. The van der Waals surface area contributed by atoms with Crippen molar-refractivity contribution in [3.8, 4) is 0 Å². The van der Waals surface area contributed by atoms with Crippen LogP contribution in [-0.4, -0.2) is 59.0 Å². The molecule has 0 aromatic rings. The molecule has 102 valence electrons. The summed E-state index contributed by atoms with van der Waals surface area (Å²) >= 11 is 0. The molecule has 5 nitrogen and oxygen atoms in total. The van der Waals surface area contributed by atoms with Crippen molar-refractivity contribution in [1.82, 2.24) is 9.80 Å². The molecule has 2 aliphatic heterocycles. The van der Waals surface area contributed by atoms with Gasteiger partial charge >= 0.3 is 0 Å². The highest BCUT2D eigenvalue weighted by Gasteiger charge is 2.38. The van der Waals surface area contributed by atoms with Gasteiger partial charge in [0, 0.05) is 26.1 Å². The molecule has 5 heteroatoms. The van der Waals surface area contributed by atoms with E-state index in [-0.39, 0.29) is 30.4 Å². The number of nitrogens with zero attached hydrogens (tertiary/aromatic N) is 2. The predicted molar refractivity (Wildman–Crippen MR) is 66.8 cm³/mol. The first-order chi connectivity index (χ1) is 8.67. The van der Waals surface area contributed by atoms with Gasteiger partial charge in [-0.1, -0.05) is 0 Å². The maximum Gasteiger partial charge on any atom is 0.228 e. The molecule has 0 aromatic carbocycles. The molecule has 2 fully saturated rings. The molecular formula is C13H22N2O3. The molecule has 0 aromatic heterocycles. The molecule has 2 saturated heterocycles. The van der Waals surface area contributed by atoms with Gasteiger partial charge in [0.2, 0.25) is 11.8 Å². The van der Waals surface area contributed by atoms with Gasteiger partial charge in [-0.25, -0.2) is 0 Å². The van der Waals surface area contributed by atoms with Crippen LogP contribution in [0.5, 0.6) is 0 Å². The first-order valence-corrected chi connectivity index (χ1v) is 6.86. The maximum atomic E-state index is 12.4. The van der Waals surface area contributed by atoms with E-state index in [1.165, 1.54) is 0 Å². The fourth-order valence-electron chi connectivity index (χ4n) is 2.96. The van der Waals surface area contributed by atoms with Crippen molar-refractivity contribution in [3.05, 3.63) is 0 Å². The van der Waals surface area contributed by atoms with Crippen LogP contribution in [0.3, 0.4) is 0 Å². The van der Waals surface area contributed by atoms with E-state index in [1.54, 1.807) is 9.80 Å². The van der Waals surface area contributed by atoms with Crippen LogP contribution in [0.4, 0.5) is 0 Å². The van der Waals surface area contributed by atoms with E-state index in [2.05, 4.69) is 0 Å². The molecular weight excluding hydrogens is 232 g/mol. The van der Waals surface area contributed by atoms with Crippen LogP contribution in [0, 0.1) is 5.92 Å². The van der Waals surface area contributed by atoms with Crippen LogP contribution in [0.2, 0.25) is 0 Å². The standard InChI is InChI=1S/C13H22N2O3/c1-2-14-8-10(7-12(14)17)13(18)15-6-4-3-5-11(15)9-16/h10-11,16H,2-9H2,1H3. The summed E-state index contributed by atoms with van der Waals surface area (Å²) in [6.07, 6.45) is 3.28. The van der Waals surface area contributed by atoms with E-state index < -0.39 is 0 Å². The van der Waals surface area contributed by atoms with E-state index >= 15 is 0 Å². The molecule has 2 atom stereocenters. The molecule has 0 aliphatic carbocycles. The van der Waals surface area contributed by atoms with Crippen LogP contribution in [-0.2, 0) is 9.59 Å². The van der Waals surface area contributed by atoms with Crippen molar-refractivity contribution < 1.29 is 14.7 Å². The molecule has 1 N–H and O–H groups in total. The largest absolute Gasteiger partial charge is 0.394 e. The fourth-order valence-corrected chi connectivity index (χ4v) is 2.96. The monoisotopic (exact) mass is 254 g/mol. The second-order valence-corrected chi connectivity index (χ2v) is 5.20. The molecule has 18 heavy (non-hydrogen) atoms. The predicted octanol–water partition coefficient (Wildman–Crippen LogP) is 0.228. The number of amides is 2. The van der Waals surface area contributed by atoms with Crippen LogP contribution in [0.1, 0.15) is 32.6 Å². The van der Waals surface area contributed by atoms with E-state index in [0.29, 0.717) is 19.5 Å². The average Bonchev–Trinajstić information content (AvgIpc) is 2.79. The summed E-state index contributed by atoms with van der Waals surface area (Å²) in [4.78, 5) is 27.6. The van der Waals surface area contributed by atoms with Gasteiger partial charge in [0.15, 0.2) is 0 Å². The van der Waals surface area contributed by atoms with Gasteiger partial charge in [-0.05, 0) is 26.2 Å².